The molecule has 2 N–H and O–H groups in total. The molecule has 5 rings (SSSR count). The first-order valence-electron chi connectivity index (χ1n) is 11.1. The molecule has 0 unspecified atom stereocenters. The number of aryl methyl sites for hydroxylation is 2. The van der Waals surface area contributed by atoms with E-state index in [0.717, 1.165) is 42.1 Å². The predicted molar refractivity (Wildman–Crippen MR) is 125 cm³/mol. The van der Waals surface area contributed by atoms with Gasteiger partial charge >= 0.3 is 0 Å². The lowest BCUT2D eigenvalue weighted by molar-refractivity contribution is 0.0672. The number of rotatable bonds is 3. The second-order valence-corrected chi connectivity index (χ2v) is 8.71. The molecule has 1 fully saturated rings. The molecule has 3 heterocycles. The van der Waals surface area contributed by atoms with Crippen molar-refractivity contribution in [1.82, 2.24) is 19.0 Å². The number of likely N-dealkylation sites (tertiary alicyclic amines) is 1. The van der Waals surface area contributed by atoms with Crippen LogP contribution in [0.2, 0.25) is 0 Å². The summed E-state index contributed by atoms with van der Waals surface area (Å²) in [6.45, 7) is 6.55. The quantitative estimate of drug-likeness (QED) is 0.549. The topological polar surface area (TPSA) is 69.1 Å². The molecule has 0 spiro atoms. The molecule has 1 aliphatic heterocycles. The molecule has 31 heavy (non-hydrogen) atoms. The van der Waals surface area contributed by atoms with E-state index in [-0.39, 0.29) is 11.9 Å². The van der Waals surface area contributed by atoms with E-state index in [2.05, 4.69) is 53.3 Å². The SMILES string of the molecule is CCn1c(-c2nc3cc(C(=O)N4CC[C@H](C)[C@H](N)C4)ccc3n2C)cc2ccccc21. The van der Waals surface area contributed by atoms with Gasteiger partial charge in [0.25, 0.3) is 5.91 Å². The van der Waals surface area contributed by atoms with Crippen LogP contribution < -0.4 is 5.73 Å². The van der Waals surface area contributed by atoms with E-state index in [9.17, 15) is 4.79 Å². The van der Waals surface area contributed by atoms with Gasteiger partial charge in [0.2, 0.25) is 0 Å². The predicted octanol–water partition coefficient (Wildman–Crippen LogP) is 4.02. The molecule has 0 aliphatic carbocycles. The van der Waals surface area contributed by atoms with Crippen LogP contribution >= 0.6 is 0 Å². The first kappa shape index (κ1) is 19.8. The Hall–Kier alpha value is -3.12. The third-order valence-electron chi connectivity index (χ3n) is 6.79. The lowest BCUT2D eigenvalue weighted by atomic mass is 9.94. The normalized spacial score (nSPS) is 19.4. The Balaban J connectivity index is 1.54. The number of aromatic nitrogens is 3. The fourth-order valence-electron chi connectivity index (χ4n) is 4.76. The molecule has 0 bridgehead atoms. The molecule has 2 aromatic carbocycles. The summed E-state index contributed by atoms with van der Waals surface area (Å²) in [6, 6.07) is 16.5. The maximum atomic E-state index is 13.1. The van der Waals surface area contributed by atoms with Crippen LogP contribution in [0.4, 0.5) is 0 Å². The zero-order chi connectivity index (χ0) is 21.7. The minimum atomic E-state index is 0.0406. The molecule has 2 atom stereocenters. The molecular formula is C25H29N5O. The number of fused-ring (bicyclic) bond motifs is 2. The molecule has 4 aromatic rings. The van der Waals surface area contributed by atoms with E-state index in [1.807, 2.05) is 30.1 Å². The van der Waals surface area contributed by atoms with E-state index in [0.29, 0.717) is 18.0 Å². The minimum Gasteiger partial charge on any atom is -0.338 e. The van der Waals surface area contributed by atoms with E-state index < -0.39 is 0 Å². The number of nitrogens with two attached hydrogens (primary N) is 1. The van der Waals surface area contributed by atoms with E-state index in [4.69, 9.17) is 10.7 Å². The van der Waals surface area contributed by atoms with Crippen LogP contribution in [0.15, 0.2) is 48.5 Å². The van der Waals surface area contributed by atoms with Crippen molar-refractivity contribution in [2.45, 2.75) is 32.9 Å². The second-order valence-electron chi connectivity index (χ2n) is 8.71. The molecule has 6 nitrogen and oxygen atoms in total. The Kier molecular flexibility index (Phi) is 4.82. The summed E-state index contributed by atoms with van der Waals surface area (Å²) in [5, 5.41) is 1.21. The fourth-order valence-corrected chi connectivity index (χ4v) is 4.76. The second kappa shape index (κ2) is 7.54. The van der Waals surface area contributed by atoms with Gasteiger partial charge in [0.1, 0.15) is 0 Å². The Morgan fingerprint density at radius 2 is 1.97 bits per heavy atom. The van der Waals surface area contributed by atoms with Crippen molar-refractivity contribution in [1.29, 1.82) is 0 Å². The molecule has 0 radical (unpaired) electrons. The van der Waals surface area contributed by atoms with Crippen LogP contribution in [0, 0.1) is 5.92 Å². The molecule has 1 amide bonds. The third-order valence-corrected chi connectivity index (χ3v) is 6.79. The summed E-state index contributed by atoms with van der Waals surface area (Å²) in [5.74, 6) is 1.40. The van der Waals surface area contributed by atoms with E-state index in [1.54, 1.807) is 0 Å². The highest BCUT2D eigenvalue weighted by Gasteiger charge is 2.27. The average Bonchev–Trinajstić information content (AvgIpc) is 3.32. The molecule has 6 heteroatoms. The van der Waals surface area contributed by atoms with Crippen molar-refractivity contribution in [3.63, 3.8) is 0 Å². The zero-order valence-corrected chi connectivity index (χ0v) is 18.4. The standard InChI is InChI=1S/C25H29N5O/c1-4-30-21-8-6-5-7-17(21)14-23(30)24-27-20-13-18(9-10-22(20)28(24)3)25(31)29-12-11-16(2)19(26)15-29/h5-10,13-14,16,19H,4,11-12,15,26H2,1-3H3/t16-,19+/m0/s1. The van der Waals surface area contributed by atoms with Gasteiger partial charge in [-0.2, -0.15) is 0 Å². The number of nitrogens with zero attached hydrogens (tertiary/aromatic N) is 4. The van der Waals surface area contributed by atoms with Crippen molar-refractivity contribution >= 4 is 27.8 Å². The smallest absolute Gasteiger partial charge is 0.253 e. The van der Waals surface area contributed by atoms with Crippen LogP contribution in [0.5, 0.6) is 0 Å². The van der Waals surface area contributed by atoms with Crippen LogP contribution in [-0.4, -0.2) is 44.1 Å². The number of carbonyl (C=O) groups is 1. The summed E-state index contributed by atoms with van der Waals surface area (Å²) in [7, 11) is 2.04. The van der Waals surface area contributed by atoms with Gasteiger partial charge in [-0.05, 0) is 49.6 Å². The first-order chi connectivity index (χ1) is 15.0. The van der Waals surface area contributed by atoms with Crippen LogP contribution in [0.1, 0.15) is 30.6 Å². The summed E-state index contributed by atoms with van der Waals surface area (Å²) in [4.78, 5) is 19.9. The highest BCUT2D eigenvalue weighted by Crippen LogP contribution is 2.30. The van der Waals surface area contributed by atoms with Gasteiger partial charge in [-0.3, -0.25) is 4.79 Å². The lowest BCUT2D eigenvalue weighted by Crippen LogP contribution is -2.49. The number of carbonyl (C=O) groups excluding carboxylic acids is 1. The summed E-state index contributed by atoms with van der Waals surface area (Å²) in [5.41, 5.74) is 11.0. The molecular weight excluding hydrogens is 386 g/mol. The minimum absolute atomic E-state index is 0.0406. The van der Waals surface area contributed by atoms with Crippen molar-refractivity contribution in [2.24, 2.45) is 18.7 Å². The number of amides is 1. The highest BCUT2D eigenvalue weighted by molar-refractivity contribution is 5.98. The van der Waals surface area contributed by atoms with Gasteiger partial charge in [0, 0.05) is 49.2 Å². The maximum Gasteiger partial charge on any atom is 0.253 e. The summed E-state index contributed by atoms with van der Waals surface area (Å²) >= 11 is 0. The lowest BCUT2D eigenvalue weighted by Gasteiger charge is -2.35. The summed E-state index contributed by atoms with van der Waals surface area (Å²) < 4.78 is 4.40. The number of para-hydroxylation sites is 1. The van der Waals surface area contributed by atoms with E-state index in [1.165, 1.54) is 10.9 Å². The molecule has 160 valence electrons. The van der Waals surface area contributed by atoms with Crippen molar-refractivity contribution in [3.05, 3.63) is 54.1 Å². The van der Waals surface area contributed by atoms with Gasteiger partial charge in [-0.15, -0.1) is 0 Å². The maximum absolute atomic E-state index is 13.1. The first-order valence-corrected chi connectivity index (χ1v) is 11.1. The van der Waals surface area contributed by atoms with Gasteiger partial charge in [-0.1, -0.05) is 25.1 Å². The van der Waals surface area contributed by atoms with Crippen molar-refractivity contribution in [2.75, 3.05) is 13.1 Å². The van der Waals surface area contributed by atoms with Crippen molar-refractivity contribution < 1.29 is 4.79 Å². The van der Waals surface area contributed by atoms with Gasteiger partial charge in [0.15, 0.2) is 5.82 Å². The Labute approximate surface area is 182 Å². The summed E-state index contributed by atoms with van der Waals surface area (Å²) in [6.07, 6.45) is 0.949. The van der Waals surface area contributed by atoms with Crippen molar-refractivity contribution in [3.8, 4) is 11.5 Å². The number of hydrogen-bond donors (Lipinski definition) is 1. The van der Waals surface area contributed by atoms with E-state index >= 15 is 0 Å². The monoisotopic (exact) mass is 415 g/mol. The van der Waals surface area contributed by atoms with Crippen LogP contribution in [-0.2, 0) is 13.6 Å². The fraction of sp³-hybridized carbons (Fsp3) is 0.360. The Morgan fingerprint density at radius 3 is 2.74 bits per heavy atom. The number of benzene rings is 2. The number of imidazole rings is 1. The molecule has 1 saturated heterocycles. The molecule has 0 saturated carbocycles. The van der Waals surface area contributed by atoms with Gasteiger partial charge in [-0.25, -0.2) is 4.98 Å². The van der Waals surface area contributed by atoms with Crippen LogP contribution in [0.25, 0.3) is 33.5 Å². The van der Waals surface area contributed by atoms with Gasteiger partial charge < -0.3 is 19.8 Å². The zero-order valence-electron chi connectivity index (χ0n) is 18.4. The number of piperidine rings is 1. The average molecular weight is 416 g/mol. The van der Waals surface area contributed by atoms with Gasteiger partial charge in [0.05, 0.1) is 16.7 Å². The third kappa shape index (κ3) is 3.22. The Bertz CT molecular complexity index is 1280. The largest absolute Gasteiger partial charge is 0.338 e. The van der Waals surface area contributed by atoms with Crippen LogP contribution in [0.3, 0.4) is 0 Å². The molecule has 2 aromatic heterocycles. The Morgan fingerprint density at radius 1 is 1.16 bits per heavy atom. The highest BCUT2D eigenvalue weighted by atomic mass is 16.2. The molecule has 1 aliphatic rings. The number of hydrogen-bond acceptors (Lipinski definition) is 3.